The Morgan fingerprint density at radius 2 is 1.92 bits per heavy atom. The molecule has 0 spiro atoms. The van der Waals surface area contributed by atoms with Gasteiger partial charge in [0.2, 0.25) is 0 Å². The van der Waals surface area contributed by atoms with Crippen molar-refractivity contribution in [3.8, 4) is 0 Å². The van der Waals surface area contributed by atoms with Gasteiger partial charge in [0.05, 0.1) is 5.60 Å². The van der Waals surface area contributed by atoms with Crippen molar-refractivity contribution in [2.45, 2.75) is 51.0 Å². The van der Waals surface area contributed by atoms with Crippen molar-refractivity contribution >= 4 is 0 Å². The fourth-order valence-electron chi connectivity index (χ4n) is 4.45. The zero-order valence-electron chi connectivity index (χ0n) is 7.84. The molecule has 3 rings (SSSR count). The number of hydrogen-bond donors (Lipinski definition) is 1. The lowest BCUT2D eigenvalue weighted by Gasteiger charge is -2.43. The molecule has 68 valence electrons. The largest absolute Gasteiger partial charge is 0.389 e. The first-order valence-electron chi connectivity index (χ1n) is 5.39. The highest BCUT2D eigenvalue weighted by Crippen LogP contribution is 2.68. The maximum absolute atomic E-state index is 10.6. The number of aliphatic hydroxyl groups is 1. The van der Waals surface area contributed by atoms with Gasteiger partial charge in [-0.25, -0.2) is 0 Å². The van der Waals surface area contributed by atoms with Crippen molar-refractivity contribution in [1.29, 1.82) is 0 Å². The molecule has 0 heterocycles. The second kappa shape index (κ2) is 1.89. The lowest BCUT2D eigenvalue weighted by molar-refractivity contribution is -0.0913. The third-order valence-corrected chi connectivity index (χ3v) is 5.25. The first kappa shape index (κ1) is 7.37. The van der Waals surface area contributed by atoms with Crippen LogP contribution in [-0.4, -0.2) is 10.7 Å². The topological polar surface area (TPSA) is 20.2 Å². The van der Waals surface area contributed by atoms with Crippen molar-refractivity contribution in [2.75, 3.05) is 0 Å². The predicted octanol–water partition coefficient (Wildman–Crippen LogP) is 2.34. The van der Waals surface area contributed by atoms with Crippen LogP contribution in [0.1, 0.15) is 45.4 Å². The summed E-state index contributed by atoms with van der Waals surface area (Å²) in [6.07, 6.45) is 7.66. The molecule has 3 aliphatic carbocycles. The van der Waals surface area contributed by atoms with Gasteiger partial charge in [0.15, 0.2) is 0 Å². The monoisotopic (exact) mass is 166 g/mol. The maximum Gasteiger partial charge on any atom is 0.0731 e. The van der Waals surface area contributed by atoms with E-state index in [-0.39, 0.29) is 5.60 Å². The van der Waals surface area contributed by atoms with Crippen LogP contribution in [0.4, 0.5) is 0 Å². The summed E-state index contributed by atoms with van der Waals surface area (Å²) in [5.41, 5.74) is 0.0752. The molecule has 0 aromatic carbocycles. The zero-order valence-corrected chi connectivity index (χ0v) is 7.84. The minimum atomic E-state index is -0.240. The summed E-state index contributed by atoms with van der Waals surface area (Å²) < 4.78 is 0. The van der Waals surface area contributed by atoms with E-state index >= 15 is 0 Å². The number of rotatable bonds is 0. The molecule has 0 aliphatic heterocycles. The molecular weight excluding hydrogens is 148 g/mol. The van der Waals surface area contributed by atoms with Gasteiger partial charge < -0.3 is 5.11 Å². The van der Waals surface area contributed by atoms with Gasteiger partial charge in [0, 0.05) is 0 Å². The Hall–Kier alpha value is -0.0400. The molecule has 3 saturated carbocycles. The smallest absolute Gasteiger partial charge is 0.0731 e. The molecule has 2 bridgehead atoms. The van der Waals surface area contributed by atoms with Crippen LogP contribution < -0.4 is 0 Å². The second-order valence-corrected chi connectivity index (χ2v) is 5.40. The van der Waals surface area contributed by atoms with Gasteiger partial charge in [0.25, 0.3) is 0 Å². The highest BCUT2D eigenvalue weighted by molar-refractivity contribution is 5.16. The van der Waals surface area contributed by atoms with Crippen LogP contribution in [0.5, 0.6) is 0 Å². The van der Waals surface area contributed by atoms with Crippen LogP contribution in [0.15, 0.2) is 0 Å². The van der Waals surface area contributed by atoms with Crippen molar-refractivity contribution in [3.05, 3.63) is 0 Å². The number of fused-ring (bicyclic) bond motifs is 5. The first-order chi connectivity index (χ1) is 5.67. The average Bonchev–Trinajstić information content (AvgIpc) is 2.61. The molecular formula is C11H18O. The molecule has 1 nitrogen and oxygen atoms in total. The molecule has 3 fully saturated rings. The van der Waals surface area contributed by atoms with Crippen LogP contribution in [-0.2, 0) is 0 Å². The Kier molecular flexibility index (Phi) is 1.16. The normalized spacial score (nSPS) is 62.5. The summed E-state index contributed by atoms with van der Waals surface area (Å²) in [4.78, 5) is 0. The van der Waals surface area contributed by atoms with E-state index in [1.807, 2.05) is 0 Å². The number of hydrogen-bond acceptors (Lipinski definition) is 1. The van der Waals surface area contributed by atoms with Gasteiger partial charge in [0.1, 0.15) is 0 Å². The summed E-state index contributed by atoms with van der Waals surface area (Å²) in [6, 6.07) is 0. The molecule has 0 saturated heterocycles. The summed E-state index contributed by atoms with van der Waals surface area (Å²) in [6.45, 7) is 2.34. The van der Waals surface area contributed by atoms with Gasteiger partial charge in [-0.05, 0) is 55.8 Å². The first-order valence-corrected chi connectivity index (χ1v) is 5.39. The maximum atomic E-state index is 10.6. The molecule has 0 aromatic rings. The zero-order chi connectivity index (χ0) is 8.40. The van der Waals surface area contributed by atoms with E-state index in [0.29, 0.717) is 11.3 Å². The third kappa shape index (κ3) is 0.555. The van der Waals surface area contributed by atoms with Gasteiger partial charge >= 0.3 is 0 Å². The highest BCUT2D eigenvalue weighted by atomic mass is 16.3. The van der Waals surface area contributed by atoms with Crippen LogP contribution >= 0.6 is 0 Å². The Morgan fingerprint density at radius 1 is 1.17 bits per heavy atom. The van der Waals surface area contributed by atoms with E-state index in [0.717, 1.165) is 12.3 Å². The summed E-state index contributed by atoms with van der Waals surface area (Å²) in [5.74, 6) is 1.52. The third-order valence-electron chi connectivity index (χ3n) is 5.25. The minimum absolute atomic E-state index is 0.240. The quantitative estimate of drug-likeness (QED) is 0.585. The minimum Gasteiger partial charge on any atom is -0.389 e. The van der Waals surface area contributed by atoms with E-state index in [1.165, 1.54) is 32.1 Å². The molecule has 12 heavy (non-hydrogen) atoms. The van der Waals surface area contributed by atoms with E-state index in [1.54, 1.807) is 0 Å². The summed E-state index contributed by atoms with van der Waals surface area (Å²) in [7, 11) is 0. The fraction of sp³-hybridized carbons (Fsp3) is 1.00. The standard InChI is InChI=1S/C11H18O/c1-10-5-2-6-11(10,12)9-4-3-8(10)7-9/h8-9,12H,2-7H2,1H3. The molecule has 0 radical (unpaired) electrons. The lowest BCUT2D eigenvalue weighted by Crippen LogP contribution is -2.46. The van der Waals surface area contributed by atoms with Crippen molar-refractivity contribution in [1.82, 2.24) is 0 Å². The molecule has 0 amide bonds. The van der Waals surface area contributed by atoms with Crippen LogP contribution in [0, 0.1) is 17.3 Å². The van der Waals surface area contributed by atoms with Gasteiger partial charge in [-0.3, -0.25) is 0 Å². The Labute approximate surface area is 74.2 Å². The van der Waals surface area contributed by atoms with Gasteiger partial charge in [-0.2, -0.15) is 0 Å². The average molecular weight is 166 g/mol. The molecule has 4 atom stereocenters. The van der Waals surface area contributed by atoms with E-state index in [9.17, 15) is 5.11 Å². The predicted molar refractivity (Wildman–Crippen MR) is 47.7 cm³/mol. The fourth-order valence-corrected chi connectivity index (χ4v) is 4.45. The molecule has 0 aromatic heterocycles. The van der Waals surface area contributed by atoms with Crippen LogP contribution in [0.25, 0.3) is 0 Å². The molecule has 3 aliphatic rings. The Balaban J connectivity index is 2.08. The van der Waals surface area contributed by atoms with Gasteiger partial charge in [-0.1, -0.05) is 6.92 Å². The van der Waals surface area contributed by atoms with Crippen LogP contribution in [0.2, 0.25) is 0 Å². The summed E-state index contributed by atoms with van der Waals surface area (Å²) >= 11 is 0. The van der Waals surface area contributed by atoms with E-state index in [4.69, 9.17) is 0 Å². The second-order valence-electron chi connectivity index (χ2n) is 5.40. The summed E-state index contributed by atoms with van der Waals surface area (Å²) in [5, 5.41) is 10.6. The molecule has 4 unspecified atom stereocenters. The van der Waals surface area contributed by atoms with E-state index in [2.05, 4.69) is 6.92 Å². The van der Waals surface area contributed by atoms with E-state index < -0.39 is 0 Å². The molecule has 1 heteroatoms. The lowest BCUT2D eigenvalue weighted by atomic mass is 9.66. The highest BCUT2D eigenvalue weighted by Gasteiger charge is 2.66. The Bertz CT molecular complexity index is 203. The SMILES string of the molecule is CC12CCCC1(O)C1CCC2C1. The van der Waals surface area contributed by atoms with Crippen molar-refractivity contribution in [2.24, 2.45) is 17.3 Å². The van der Waals surface area contributed by atoms with Gasteiger partial charge in [-0.15, -0.1) is 0 Å². The molecule has 1 N–H and O–H groups in total. The van der Waals surface area contributed by atoms with Crippen molar-refractivity contribution < 1.29 is 5.11 Å². The van der Waals surface area contributed by atoms with Crippen LogP contribution in [0.3, 0.4) is 0 Å². The Morgan fingerprint density at radius 3 is 2.67 bits per heavy atom. The van der Waals surface area contributed by atoms with Crippen molar-refractivity contribution in [3.63, 3.8) is 0 Å².